The van der Waals surface area contributed by atoms with Gasteiger partial charge in [-0.05, 0) is 43.0 Å². The number of piperidine rings is 1. The van der Waals surface area contributed by atoms with Crippen molar-refractivity contribution in [3.8, 4) is 0 Å². The maximum atomic E-state index is 12.2. The van der Waals surface area contributed by atoms with Crippen molar-refractivity contribution in [1.29, 1.82) is 0 Å². The van der Waals surface area contributed by atoms with Gasteiger partial charge in [0.2, 0.25) is 5.91 Å². The van der Waals surface area contributed by atoms with Gasteiger partial charge in [-0.15, -0.1) is 0 Å². The van der Waals surface area contributed by atoms with Crippen molar-refractivity contribution in [1.82, 2.24) is 15.2 Å². The van der Waals surface area contributed by atoms with Crippen molar-refractivity contribution in [3.63, 3.8) is 0 Å². The standard InChI is InChI=1S/C20H25N5O2/c1-15(26)25-12-10-16(11-13-25)14-21-20(27)24-19-9-5-8-18(23-19)22-17-6-3-2-4-7-17/h2-9,16H,10-14H2,1H3,(H3,21,22,23,24,27). The summed E-state index contributed by atoms with van der Waals surface area (Å²) < 4.78 is 0. The first-order chi connectivity index (χ1) is 13.1. The average molecular weight is 367 g/mol. The smallest absolute Gasteiger partial charge is 0.320 e. The van der Waals surface area contributed by atoms with Crippen molar-refractivity contribution < 1.29 is 9.59 Å². The van der Waals surface area contributed by atoms with Crippen molar-refractivity contribution in [2.45, 2.75) is 19.8 Å². The normalized spacial score (nSPS) is 14.5. The van der Waals surface area contributed by atoms with Gasteiger partial charge in [-0.1, -0.05) is 24.3 Å². The number of urea groups is 1. The Hall–Kier alpha value is -3.09. The minimum absolute atomic E-state index is 0.120. The van der Waals surface area contributed by atoms with Gasteiger partial charge < -0.3 is 15.5 Å². The Morgan fingerprint density at radius 1 is 1.04 bits per heavy atom. The number of nitrogens with zero attached hydrogens (tertiary/aromatic N) is 2. The molecule has 27 heavy (non-hydrogen) atoms. The van der Waals surface area contributed by atoms with Crippen LogP contribution in [0.3, 0.4) is 0 Å². The molecule has 0 atom stereocenters. The predicted octanol–water partition coefficient (Wildman–Crippen LogP) is 3.21. The molecule has 1 aromatic heterocycles. The van der Waals surface area contributed by atoms with Gasteiger partial charge in [-0.25, -0.2) is 9.78 Å². The van der Waals surface area contributed by atoms with E-state index in [0.717, 1.165) is 31.6 Å². The molecule has 1 aliphatic heterocycles. The Kier molecular flexibility index (Phi) is 6.25. The first-order valence-electron chi connectivity index (χ1n) is 9.19. The van der Waals surface area contributed by atoms with Crippen LogP contribution in [0.4, 0.5) is 22.1 Å². The van der Waals surface area contributed by atoms with Gasteiger partial charge in [0, 0.05) is 32.2 Å². The van der Waals surface area contributed by atoms with Crippen LogP contribution in [0.1, 0.15) is 19.8 Å². The summed E-state index contributed by atoms with van der Waals surface area (Å²) in [6.07, 6.45) is 1.82. The van der Waals surface area contributed by atoms with Gasteiger partial charge in [0.05, 0.1) is 0 Å². The summed E-state index contributed by atoms with van der Waals surface area (Å²) in [7, 11) is 0. The highest BCUT2D eigenvalue weighted by molar-refractivity contribution is 5.88. The topological polar surface area (TPSA) is 86.4 Å². The van der Waals surface area contributed by atoms with E-state index >= 15 is 0 Å². The number of likely N-dealkylation sites (tertiary alicyclic amines) is 1. The van der Waals surface area contributed by atoms with E-state index in [9.17, 15) is 9.59 Å². The first-order valence-corrected chi connectivity index (χ1v) is 9.19. The zero-order valence-corrected chi connectivity index (χ0v) is 15.4. The molecule has 2 aromatic rings. The van der Waals surface area contributed by atoms with Crippen LogP contribution in [0.25, 0.3) is 0 Å². The van der Waals surface area contributed by atoms with Crippen LogP contribution < -0.4 is 16.0 Å². The second kappa shape index (κ2) is 9.02. The van der Waals surface area contributed by atoms with Crippen molar-refractivity contribution in [3.05, 3.63) is 48.5 Å². The quantitative estimate of drug-likeness (QED) is 0.757. The average Bonchev–Trinajstić information content (AvgIpc) is 2.68. The lowest BCUT2D eigenvalue weighted by atomic mass is 9.97. The Balaban J connectivity index is 1.45. The Labute approximate surface area is 159 Å². The highest BCUT2D eigenvalue weighted by atomic mass is 16.2. The molecule has 1 aliphatic rings. The van der Waals surface area contributed by atoms with Crippen LogP contribution in [0.15, 0.2) is 48.5 Å². The Bertz CT molecular complexity index is 773. The van der Waals surface area contributed by atoms with E-state index in [-0.39, 0.29) is 11.9 Å². The number of nitrogens with one attached hydrogen (secondary N) is 3. The molecule has 0 aliphatic carbocycles. The zero-order chi connectivity index (χ0) is 19.1. The van der Waals surface area contributed by atoms with E-state index in [1.807, 2.05) is 47.4 Å². The first kappa shape index (κ1) is 18.7. The summed E-state index contributed by atoms with van der Waals surface area (Å²) in [6.45, 7) is 3.72. The lowest BCUT2D eigenvalue weighted by Crippen LogP contribution is -2.41. The van der Waals surface area contributed by atoms with E-state index in [2.05, 4.69) is 20.9 Å². The van der Waals surface area contributed by atoms with E-state index in [4.69, 9.17) is 0 Å². The molecule has 0 bridgehead atoms. The minimum atomic E-state index is -0.270. The summed E-state index contributed by atoms with van der Waals surface area (Å²) in [5.41, 5.74) is 0.934. The molecular weight excluding hydrogens is 342 g/mol. The molecule has 3 amide bonds. The second-order valence-corrected chi connectivity index (χ2v) is 6.68. The molecule has 1 saturated heterocycles. The molecule has 142 valence electrons. The minimum Gasteiger partial charge on any atom is -0.343 e. The molecular formula is C20H25N5O2. The summed E-state index contributed by atoms with van der Waals surface area (Å²) >= 11 is 0. The van der Waals surface area contributed by atoms with Crippen LogP contribution in [-0.2, 0) is 4.79 Å². The Morgan fingerprint density at radius 3 is 2.44 bits per heavy atom. The van der Waals surface area contributed by atoms with Gasteiger partial charge in [-0.3, -0.25) is 10.1 Å². The third kappa shape index (κ3) is 5.70. The summed E-state index contributed by atoms with van der Waals surface area (Å²) in [6, 6.07) is 14.9. The number of anilines is 3. The Morgan fingerprint density at radius 2 is 1.74 bits per heavy atom. The summed E-state index contributed by atoms with van der Waals surface area (Å²) in [4.78, 5) is 29.8. The van der Waals surface area contributed by atoms with E-state index < -0.39 is 0 Å². The molecule has 2 heterocycles. The van der Waals surface area contributed by atoms with Crippen LogP contribution in [0.5, 0.6) is 0 Å². The van der Waals surface area contributed by atoms with Gasteiger partial charge in [0.25, 0.3) is 0 Å². The number of pyridine rings is 1. The lowest BCUT2D eigenvalue weighted by molar-refractivity contribution is -0.130. The third-order valence-electron chi connectivity index (χ3n) is 4.65. The zero-order valence-electron chi connectivity index (χ0n) is 15.4. The van der Waals surface area contributed by atoms with Crippen LogP contribution >= 0.6 is 0 Å². The number of para-hydroxylation sites is 1. The van der Waals surface area contributed by atoms with E-state index in [1.54, 1.807) is 13.0 Å². The molecule has 0 unspecified atom stereocenters. The largest absolute Gasteiger partial charge is 0.343 e. The fourth-order valence-electron chi connectivity index (χ4n) is 3.09. The van der Waals surface area contributed by atoms with Gasteiger partial charge >= 0.3 is 6.03 Å². The van der Waals surface area contributed by atoms with Crippen LogP contribution in [-0.4, -0.2) is 41.5 Å². The SMILES string of the molecule is CC(=O)N1CCC(CNC(=O)Nc2cccc(Nc3ccccc3)n2)CC1. The fraction of sp³-hybridized carbons (Fsp3) is 0.350. The highest BCUT2D eigenvalue weighted by Crippen LogP contribution is 2.17. The lowest BCUT2D eigenvalue weighted by Gasteiger charge is -2.31. The van der Waals surface area contributed by atoms with E-state index in [1.165, 1.54) is 0 Å². The second-order valence-electron chi connectivity index (χ2n) is 6.68. The van der Waals surface area contributed by atoms with E-state index in [0.29, 0.717) is 24.1 Å². The van der Waals surface area contributed by atoms with Crippen molar-refractivity contribution >= 4 is 29.3 Å². The molecule has 1 aromatic carbocycles. The molecule has 0 spiro atoms. The number of rotatable bonds is 5. The van der Waals surface area contributed by atoms with Crippen molar-refractivity contribution in [2.75, 3.05) is 30.3 Å². The number of hydrogen-bond acceptors (Lipinski definition) is 4. The summed E-state index contributed by atoms with van der Waals surface area (Å²) in [5.74, 6) is 1.66. The molecule has 0 radical (unpaired) electrons. The van der Waals surface area contributed by atoms with Gasteiger partial charge in [-0.2, -0.15) is 0 Å². The fourth-order valence-corrected chi connectivity index (χ4v) is 3.09. The highest BCUT2D eigenvalue weighted by Gasteiger charge is 2.21. The molecule has 7 nitrogen and oxygen atoms in total. The molecule has 7 heteroatoms. The molecule has 0 saturated carbocycles. The number of aromatic nitrogens is 1. The van der Waals surface area contributed by atoms with Gasteiger partial charge in [0.15, 0.2) is 0 Å². The maximum absolute atomic E-state index is 12.2. The van der Waals surface area contributed by atoms with Crippen molar-refractivity contribution in [2.24, 2.45) is 5.92 Å². The number of amides is 3. The molecule has 1 fully saturated rings. The summed E-state index contributed by atoms with van der Waals surface area (Å²) in [5, 5.41) is 8.87. The molecule has 3 N–H and O–H groups in total. The number of hydrogen-bond donors (Lipinski definition) is 3. The van der Waals surface area contributed by atoms with Gasteiger partial charge in [0.1, 0.15) is 11.6 Å². The molecule has 3 rings (SSSR count). The number of carbonyl (C=O) groups is 2. The number of benzene rings is 1. The number of carbonyl (C=O) groups excluding carboxylic acids is 2. The van der Waals surface area contributed by atoms with Crippen LogP contribution in [0, 0.1) is 5.92 Å². The van der Waals surface area contributed by atoms with Crippen LogP contribution in [0.2, 0.25) is 0 Å². The monoisotopic (exact) mass is 367 g/mol. The predicted molar refractivity (Wildman–Crippen MR) is 106 cm³/mol. The maximum Gasteiger partial charge on any atom is 0.320 e. The third-order valence-corrected chi connectivity index (χ3v) is 4.65.